The second-order valence-electron chi connectivity index (χ2n) is 8.08. The van der Waals surface area contributed by atoms with Gasteiger partial charge in [0.1, 0.15) is 29.2 Å². The Labute approximate surface area is 192 Å². The zero-order valence-corrected chi connectivity index (χ0v) is 18.1. The van der Waals surface area contributed by atoms with E-state index >= 15 is 0 Å². The Balaban J connectivity index is 1.36. The van der Waals surface area contributed by atoms with Crippen LogP contribution in [0.2, 0.25) is 0 Å². The fourth-order valence-electron chi connectivity index (χ4n) is 3.79. The molecule has 6 nitrogen and oxygen atoms in total. The quantitative estimate of drug-likeness (QED) is 0.405. The van der Waals surface area contributed by atoms with Crippen molar-refractivity contribution in [1.29, 1.82) is 0 Å². The lowest BCUT2D eigenvalue weighted by Gasteiger charge is -2.27. The number of para-hydroxylation sites is 1. The van der Waals surface area contributed by atoms with Crippen molar-refractivity contribution in [3.8, 4) is 23.3 Å². The third kappa shape index (κ3) is 5.12. The van der Waals surface area contributed by atoms with Crippen molar-refractivity contribution in [3.05, 3.63) is 84.7 Å². The van der Waals surface area contributed by atoms with Gasteiger partial charge in [0.25, 0.3) is 0 Å². The lowest BCUT2D eigenvalue weighted by atomic mass is 9.94. The molecule has 1 fully saturated rings. The number of ether oxygens (including phenoxy) is 1. The molecule has 3 N–H and O–H groups in total. The van der Waals surface area contributed by atoms with Crippen molar-refractivity contribution >= 4 is 22.4 Å². The van der Waals surface area contributed by atoms with Gasteiger partial charge in [-0.15, -0.1) is 0 Å². The summed E-state index contributed by atoms with van der Waals surface area (Å²) in [7, 11) is 0. The molecular weight excluding hydrogens is 412 g/mol. The van der Waals surface area contributed by atoms with Gasteiger partial charge in [-0.25, -0.2) is 9.97 Å². The Bertz CT molecular complexity index is 1310. The summed E-state index contributed by atoms with van der Waals surface area (Å²) < 4.78 is 5.86. The van der Waals surface area contributed by atoms with Crippen LogP contribution in [-0.4, -0.2) is 33.8 Å². The average molecular weight is 437 g/mol. The average Bonchev–Trinajstić information content (AvgIpc) is 2.85. The Kier molecular flexibility index (Phi) is 5.90. The topological polar surface area (TPSA) is 79.3 Å². The van der Waals surface area contributed by atoms with Gasteiger partial charge in [0.05, 0.1) is 5.52 Å². The first-order valence-corrected chi connectivity index (χ1v) is 11.0. The third-order valence-corrected chi connectivity index (χ3v) is 5.53. The number of nitrogens with one attached hydrogen (secondary N) is 2. The molecule has 4 aromatic rings. The number of benzene rings is 3. The van der Waals surface area contributed by atoms with Gasteiger partial charge in [-0.3, -0.25) is 0 Å². The van der Waals surface area contributed by atoms with Gasteiger partial charge in [0.15, 0.2) is 0 Å². The molecule has 1 aromatic heterocycles. The molecule has 0 amide bonds. The van der Waals surface area contributed by atoms with Crippen LogP contribution in [0.15, 0.2) is 79.1 Å². The molecule has 164 valence electrons. The van der Waals surface area contributed by atoms with Crippen molar-refractivity contribution < 1.29 is 9.84 Å². The number of nitrogens with zero attached hydrogens (tertiary/aromatic N) is 2. The first kappa shape index (κ1) is 21.0. The number of hydrogen-bond acceptors (Lipinski definition) is 6. The van der Waals surface area contributed by atoms with Crippen molar-refractivity contribution in [3.63, 3.8) is 0 Å². The molecule has 1 aliphatic heterocycles. The van der Waals surface area contributed by atoms with Gasteiger partial charge >= 0.3 is 0 Å². The van der Waals surface area contributed by atoms with Gasteiger partial charge in [0, 0.05) is 23.2 Å². The zero-order chi connectivity index (χ0) is 22.5. The Morgan fingerprint density at radius 2 is 1.79 bits per heavy atom. The fourth-order valence-corrected chi connectivity index (χ4v) is 3.79. The molecule has 1 saturated heterocycles. The van der Waals surface area contributed by atoms with E-state index in [1.165, 1.54) is 0 Å². The predicted molar refractivity (Wildman–Crippen MR) is 130 cm³/mol. The van der Waals surface area contributed by atoms with E-state index < -0.39 is 5.60 Å². The molecule has 0 radical (unpaired) electrons. The highest BCUT2D eigenvalue weighted by atomic mass is 16.5. The zero-order valence-electron chi connectivity index (χ0n) is 18.1. The predicted octanol–water partition coefficient (Wildman–Crippen LogP) is 4.63. The molecule has 6 heteroatoms. The lowest BCUT2D eigenvalue weighted by molar-refractivity contribution is 0.0736. The van der Waals surface area contributed by atoms with E-state index in [4.69, 9.17) is 4.74 Å². The number of rotatable bonds is 4. The molecule has 0 spiro atoms. The van der Waals surface area contributed by atoms with Crippen LogP contribution in [0.1, 0.15) is 18.4 Å². The van der Waals surface area contributed by atoms with E-state index in [2.05, 4.69) is 32.4 Å². The van der Waals surface area contributed by atoms with E-state index in [9.17, 15) is 5.11 Å². The summed E-state index contributed by atoms with van der Waals surface area (Å²) in [5.74, 6) is 8.41. The maximum Gasteiger partial charge on any atom is 0.141 e. The van der Waals surface area contributed by atoms with Crippen LogP contribution in [0.4, 0.5) is 11.5 Å². The van der Waals surface area contributed by atoms with Crippen LogP contribution in [0.25, 0.3) is 10.9 Å². The molecule has 0 saturated carbocycles. The van der Waals surface area contributed by atoms with Gasteiger partial charge in [-0.2, -0.15) is 0 Å². The molecular formula is C27H24N4O2. The van der Waals surface area contributed by atoms with Crippen LogP contribution in [0.3, 0.4) is 0 Å². The lowest BCUT2D eigenvalue weighted by Crippen LogP contribution is -2.44. The molecule has 0 bridgehead atoms. The molecule has 5 rings (SSSR count). The second kappa shape index (κ2) is 9.29. The number of fused-ring (bicyclic) bond motifs is 1. The fraction of sp³-hybridized carbons (Fsp3) is 0.185. The van der Waals surface area contributed by atoms with E-state index in [-0.39, 0.29) is 0 Å². The summed E-state index contributed by atoms with van der Waals surface area (Å²) >= 11 is 0. The number of piperidine rings is 1. The highest BCUT2D eigenvalue weighted by Crippen LogP contribution is 2.27. The van der Waals surface area contributed by atoms with Crippen LogP contribution in [-0.2, 0) is 0 Å². The monoisotopic (exact) mass is 436 g/mol. The van der Waals surface area contributed by atoms with Crippen LogP contribution in [0, 0.1) is 11.8 Å². The Hall–Kier alpha value is -3.92. The third-order valence-electron chi connectivity index (χ3n) is 5.53. The van der Waals surface area contributed by atoms with Gasteiger partial charge in [0.2, 0.25) is 0 Å². The minimum Gasteiger partial charge on any atom is -0.457 e. The Morgan fingerprint density at radius 1 is 0.970 bits per heavy atom. The SMILES string of the molecule is OC1(C#Cc2ccc3ncnc(Nc4ccc(Oc5ccccc5)cc4)c3c2)CCCNC1. The highest BCUT2D eigenvalue weighted by molar-refractivity contribution is 5.91. The minimum atomic E-state index is -0.981. The van der Waals surface area contributed by atoms with Crippen molar-refractivity contribution in [2.45, 2.75) is 18.4 Å². The molecule has 2 heterocycles. The van der Waals surface area contributed by atoms with Gasteiger partial charge in [-0.05, 0) is 74.0 Å². The van der Waals surface area contributed by atoms with Crippen molar-refractivity contribution in [2.75, 3.05) is 18.4 Å². The maximum absolute atomic E-state index is 10.6. The minimum absolute atomic E-state index is 0.494. The largest absolute Gasteiger partial charge is 0.457 e. The molecule has 1 unspecified atom stereocenters. The van der Waals surface area contributed by atoms with Crippen molar-refractivity contribution in [1.82, 2.24) is 15.3 Å². The first-order chi connectivity index (χ1) is 16.2. The van der Waals surface area contributed by atoms with Crippen LogP contribution < -0.4 is 15.4 Å². The first-order valence-electron chi connectivity index (χ1n) is 11.0. The number of anilines is 2. The van der Waals surface area contributed by atoms with Crippen LogP contribution in [0.5, 0.6) is 11.5 Å². The summed E-state index contributed by atoms with van der Waals surface area (Å²) in [6, 6.07) is 23.2. The molecule has 3 aromatic carbocycles. The molecule has 1 aliphatic rings. The standard InChI is InChI=1S/C27H24N4O2/c32-27(14-4-16-28-18-27)15-13-20-7-12-25-24(17-20)26(30-19-29-25)31-21-8-10-23(11-9-21)33-22-5-2-1-3-6-22/h1-3,5-12,17,19,28,32H,4,14,16,18H2,(H,29,30,31). The number of aliphatic hydroxyl groups is 1. The van der Waals surface area contributed by atoms with Crippen molar-refractivity contribution in [2.24, 2.45) is 0 Å². The number of hydrogen-bond donors (Lipinski definition) is 3. The van der Waals surface area contributed by atoms with E-state index in [0.717, 1.165) is 46.6 Å². The summed E-state index contributed by atoms with van der Waals surface area (Å²) in [6.07, 6.45) is 3.14. The summed E-state index contributed by atoms with van der Waals surface area (Å²) in [6.45, 7) is 1.42. The number of aromatic nitrogens is 2. The maximum atomic E-state index is 10.6. The highest BCUT2D eigenvalue weighted by Gasteiger charge is 2.26. The van der Waals surface area contributed by atoms with E-state index in [1.807, 2.05) is 72.8 Å². The summed E-state index contributed by atoms with van der Waals surface area (Å²) in [5, 5.41) is 18.1. The normalized spacial score (nSPS) is 17.7. The molecule has 0 aliphatic carbocycles. The molecule has 1 atom stereocenters. The van der Waals surface area contributed by atoms with Crippen LogP contribution >= 0.6 is 0 Å². The van der Waals surface area contributed by atoms with Gasteiger partial charge < -0.3 is 20.5 Å². The molecule has 33 heavy (non-hydrogen) atoms. The number of β-amino-alcohol motifs (C(OH)–C–C–N with tert-alkyl or cyclic N) is 1. The Morgan fingerprint density at radius 3 is 2.58 bits per heavy atom. The second-order valence-corrected chi connectivity index (χ2v) is 8.08. The van der Waals surface area contributed by atoms with E-state index in [1.54, 1.807) is 6.33 Å². The summed E-state index contributed by atoms with van der Waals surface area (Å²) in [4.78, 5) is 8.81. The van der Waals surface area contributed by atoms with E-state index in [0.29, 0.717) is 18.8 Å². The smallest absolute Gasteiger partial charge is 0.141 e. The summed E-state index contributed by atoms with van der Waals surface area (Å²) in [5.41, 5.74) is 1.53. The van der Waals surface area contributed by atoms with Gasteiger partial charge in [-0.1, -0.05) is 30.0 Å².